The predicted molar refractivity (Wildman–Crippen MR) is 112 cm³/mol. The molecule has 7 nitrogen and oxygen atoms in total. The molecular weight excluding hydrogens is 392 g/mol. The topological polar surface area (TPSA) is 78.7 Å². The second kappa shape index (κ2) is 8.00. The van der Waals surface area contributed by atoms with E-state index in [1.165, 1.54) is 4.90 Å². The summed E-state index contributed by atoms with van der Waals surface area (Å²) in [4.78, 5) is 29.3. The molecule has 1 aliphatic heterocycles. The molecule has 2 aromatic rings. The Morgan fingerprint density at radius 1 is 1.28 bits per heavy atom. The van der Waals surface area contributed by atoms with Gasteiger partial charge in [0.05, 0.1) is 22.9 Å². The van der Waals surface area contributed by atoms with Crippen molar-refractivity contribution in [2.24, 2.45) is 7.05 Å². The van der Waals surface area contributed by atoms with Gasteiger partial charge in [0.15, 0.2) is 0 Å². The normalized spacial score (nSPS) is 18.9. The summed E-state index contributed by atoms with van der Waals surface area (Å²) in [7, 11) is 5.56. The Bertz CT molecular complexity index is 1010. The molecule has 1 aromatic carbocycles. The maximum Gasteiger partial charge on any atom is 0.295 e. The number of likely N-dealkylation sites (N-methyl/N-ethyl adjacent to an activating group) is 1. The van der Waals surface area contributed by atoms with E-state index in [0.29, 0.717) is 40.6 Å². The van der Waals surface area contributed by atoms with Gasteiger partial charge in [-0.05, 0) is 45.6 Å². The van der Waals surface area contributed by atoms with Crippen molar-refractivity contribution in [2.75, 3.05) is 27.2 Å². The zero-order chi connectivity index (χ0) is 21.5. The fourth-order valence-corrected chi connectivity index (χ4v) is 3.89. The lowest BCUT2D eigenvalue weighted by Crippen LogP contribution is -2.35. The van der Waals surface area contributed by atoms with Crippen LogP contribution < -0.4 is 0 Å². The molecule has 2 heterocycles. The smallest absolute Gasteiger partial charge is 0.295 e. The first-order valence-electron chi connectivity index (χ1n) is 9.32. The first-order valence-corrected chi connectivity index (χ1v) is 9.70. The number of hydrogen-bond donors (Lipinski definition) is 1. The summed E-state index contributed by atoms with van der Waals surface area (Å²) in [5.41, 5.74) is 2.52. The van der Waals surface area contributed by atoms with Crippen molar-refractivity contribution in [1.82, 2.24) is 19.6 Å². The van der Waals surface area contributed by atoms with Crippen LogP contribution in [-0.2, 0) is 16.6 Å². The minimum absolute atomic E-state index is 0.0650. The van der Waals surface area contributed by atoms with Crippen LogP contribution in [0.2, 0.25) is 5.02 Å². The summed E-state index contributed by atoms with van der Waals surface area (Å²) in [6, 6.07) is 6.31. The summed E-state index contributed by atoms with van der Waals surface area (Å²) >= 11 is 6.18. The first kappa shape index (κ1) is 21.1. The van der Waals surface area contributed by atoms with E-state index in [1.807, 2.05) is 25.9 Å². The molecule has 1 aliphatic rings. The first-order chi connectivity index (χ1) is 13.6. The van der Waals surface area contributed by atoms with Gasteiger partial charge >= 0.3 is 0 Å². The molecule has 154 valence electrons. The zero-order valence-electron chi connectivity index (χ0n) is 17.2. The molecule has 0 saturated carbocycles. The van der Waals surface area contributed by atoms with Gasteiger partial charge in [-0.2, -0.15) is 5.10 Å². The van der Waals surface area contributed by atoms with Crippen LogP contribution in [0, 0.1) is 13.8 Å². The number of benzene rings is 1. The highest BCUT2D eigenvalue weighted by Crippen LogP contribution is 2.40. The standard InChI is InChI=1S/C21H25ClN4O3/c1-12-16(13(2)25(5)23-12)19(27)17-18(14-7-6-8-15(22)11-14)26(10-9-24(3)4)21(29)20(17)28/h6-8,11,18,27H,9-10H2,1-5H3/b19-17+/t18-/m0/s1. The van der Waals surface area contributed by atoms with Gasteiger partial charge < -0.3 is 14.9 Å². The fourth-order valence-electron chi connectivity index (χ4n) is 3.69. The average Bonchev–Trinajstić information content (AvgIpc) is 3.05. The number of aromatic nitrogens is 2. The van der Waals surface area contributed by atoms with Gasteiger partial charge in [-0.15, -0.1) is 0 Å². The molecule has 1 amide bonds. The molecule has 3 rings (SSSR count). The number of carbonyl (C=O) groups is 2. The van der Waals surface area contributed by atoms with Crippen LogP contribution in [0.5, 0.6) is 0 Å². The van der Waals surface area contributed by atoms with E-state index >= 15 is 0 Å². The van der Waals surface area contributed by atoms with Crippen LogP contribution in [0.4, 0.5) is 0 Å². The molecule has 0 unspecified atom stereocenters. The maximum absolute atomic E-state index is 13.0. The third kappa shape index (κ3) is 3.80. The molecule has 0 bridgehead atoms. The molecule has 0 radical (unpaired) electrons. The molecule has 1 aromatic heterocycles. The monoisotopic (exact) mass is 416 g/mol. The number of aryl methyl sites for hydroxylation is 2. The second-order valence-electron chi connectivity index (χ2n) is 7.52. The third-order valence-corrected chi connectivity index (χ3v) is 5.47. The van der Waals surface area contributed by atoms with Crippen LogP contribution in [0.1, 0.15) is 28.6 Å². The van der Waals surface area contributed by atoms with Gasteiger partial charge in [0.25, 0.3) is 11.7 Å². The van der Waals surface area contributed by atoms with Crippen molar-refractivity contribution in [3.05, 3.63) is 57.4 Å². The lowest BCUT2D eigenvalue weighted by atomic mass is 9.94. The number of ketones is 1. The van der Waals surface area contributed by atoms with Crippen molar-refractivity contribution in [3.63, 3.8) is 0 Å². The predicted octanol–water partition coefficient (Wildman–Crippen LogP) is 2.67. The van der Waals surface area contributed by atoms with Gasteiger partial charge in [-0.1, -0.05) is 23.7 Å². The SMILES string of the molecule is Cc1nn(C)c(C)c1/C(O)=C1\C(=O)C(=O)N(CCN(C)C)[C@H]1c1cccc(Cl)c1. The minimum Gasteiger partial charge on any atom is -0.507 e. The number of rotatable bonds is 5. The van der Waals surface area contributed by atoms with Crippen LogP contribution in [0.15, 0.2) is 29.8 Å². The van der Waals surface area contributed by atoms with E-state index in [-0.39, 0.29) is 11.3 Å². The Labute approximate surface area is 175 Å². The quantitative estimate of drug-likeness (QED) is 0.460. The highest BCUT2D eigenvalue weighted by molar-refractivity contribution is 6.46. The summed E-state index contributed by atoms with van der Waals surface area (Å²) < 4.78 is 1.64. The summed E-state index contributed by atoms with van der Waals surface area (Å²) in [6.07, 6.45) is 0. The van der Waals surface area contributed by atoms with Gasteiger partial charge in [0, 0.05) is 30.9 Å². The van der Waals surface area contributed by atoms with E-state index in [9.17, 15) is 14.7 Å². The molecule has 8 heteroatoms. The number of nitrogens with zero attached hydrogens (tertiary/aromatic N) is 4. The molecule has 1 N–H and O–H groups in total. The summed E-state index contributed by atoms with van der Waals surface area (Å²) in [6.45, 7) is 4.50. The second-order valence-corrected chi connectivity index (χ2v) is 7.96. The van der Waals surface area contributed by atoms with Crippen LogP contribution in [0.25, 0.3) is 5.76 Å². The Morgan fingerprint density at radius 3 is 2.52 bits per heavy atom. The highest BCUT2D eigenvalue weighted by atomic mass is 35.5. The van der Waals surface area contributed by atoms with Crippen molar-refractivity contribution < 1.29 is 14.7 Å². The third-order valence-electron chi connectivity index (χ3n) is 5.24. The Kier molecular flexibility index (Phi) is 5.82. The van der Waals surface area contributed by atoms with Gasteiger partial charge in [0.2, 0.25) is 0 Å². The minimum atomic E-state index is -0.715. The van der Waals surface area contributed by atoms with Crippen molar-refractivity contribution in [2.45, 2.75) is 19.9 Å². The number of aliphatic hydroxyl groups excluding tert-OH is 1. The van der Waals surface area contributed by atoms with Crippen molar-refractivity contribution in [3.8, 4) is 0 Å². The van der Waals surface area contributed by atoms with Gasteiger partial charge in [0.1, 0.15) is 5.76 Å². The van der Waals surface area contributed by atoms with Gasteiger partial charge in [-0.3, -0.25) is 14.3 Å². The lowest BCUT2D eigenvalue weighted by molar-refractivity contribution is -0.140. The fraction of sp³-hybridized carbons (Fsp3) is 0.381. The lowest BCUT2D eigenvalue weighted by Gasteiger charge is -2.26. The average molecular weight is 417 g/mol. The highest BCUT2D eigenvalue weighted by Gasteiger charge is 2.46. The number of likely N-dealkylation sites (tertiary alicyclic amines) is 1. The van der Waals surface area contributed by atoms with E-state index in [2.05, 4.69) is 5.10 Å². The number of carbonyl (C=O) groups excluding carboxylic acids is 2. The number of aliphatic hydroxyl groups is 1. The molecule has 1 saturated heterocycles. The van der Waals surface area contributed by atoms with Gasteiger partial charge in [-0.25, -0.2) is 0 Å². The van der Waals surface area contributed by atoms with Crippen LogP contribution in [0.3, 0.4) is 0 Å². The Morgan fingerprint density at radius 2 is 1.97 bits per heavy atom. The number of hydrogen-bond acceptors (Lipinski definition) is 5. The number of Topliss-reactive ketones (excluding diaryl/α,β-unsaturated/α-hetero) is 1. The Hall–Kier alpha value is -2.64. The summed E-state index contributed by atoms with van der Waals surface area (Å²) in [5.74, 6) is -1.53. The summed E-state index contributed by atoms with van der Waals surface area (Å²) in [5, 5.41) is 16.0. The molecule has 29 heavy (non-hydrogen) atoms. The molecule has 1 atom stereocenters. The van der Waals surface area contributed by atoms with E-state index in [4.69, 9.17) is 11.6 Å². The van der Waals surface area contributed by atoms with Crippen molar-refractivity contribution >= 4 is 29.1 Å². The van der Waals surface area contributed by atoms with Crippen molar-refractivity contribution in [1.29, 1.82) is 0 Å². The molecule has 0 spiro atoms. The number of amides is 1. The van der Waals surface area contributed by atoms with E-state index in [0.717, 1.165) is 0 Å². The molecule has 1 fully saturated rings. The van der Waals surface area contributed by atoms with E-state index in [1.54, 1.807) is 42.9 Å². The molecule has 0 aliphatic carbocycles. The Balaban J connectivity index is 2.22. The molecular formula is C21H25ClN4O3. The van der Waals surface area contributed by atoms with Crippen LogP contribution in [-0.4, -0.2) is 63.6 Å². The zero-order valence-corrected chi connectivity index (χ0v) is 18.0. The van der Waals surface area contributed by atoms with Crippen LogP contribution >= 0.6 is 11.6 Å². The maximum atomic E-state index is 13.0. The largest absolute Gasteiger partial charge is 0.507 e. The van der Waals surface area contributed by atoms with E-state index < -0.39 is 17.7 Å². The number of halogens is 1.